The summed E-state index contributed by atoms with van der Waals surface area (Å²) in [6, 6.07) is 10.4. The summed E-state index contributed by atoms with van der Waals surface area (Å²) in [5, 5.41) is 10.5. The molecule has 198 valence electrons. The first-order valence-electron chi connectivity index (χ1n) is 12.4. The first-order chi connectivity index (χ1) is 17.4. The molecule has 0 saturated heterocycles. The molecule has 2 aliphatic heterocycles. The van der Waals surface area contributed by atoms with E-state index in [-0.39, 0.29) is 40.3 Å². The topological polar surface area (TPSA) is 88.5 Å². The average molecular weight is 525 g/mol. The molecule has 2 aromatic rings. The monoisotopic (exact) mass is 524 g/mol. The molecule has 8 nitrogen and oxygen atoms in total. The molecular formula is C28H36N2O6Si. The van der Waals surface area contributed by atoms with Crippen molar-refractivity contribution in [3.8, 4) is 11.5 Å². The predicted octanol–water partition coefficient (Wildman–Crippen LogP) is 5.46. The van der Waals surface area contributed by atoms with Crippen LogP contribution in [0.5, 0.6) is 11.5 Å². The second kappa shape index (κ2) is 9.87. The van der Waals surface area contributed by atoms with Crippen LogP contribution in [0, 0.1) is 0 Å². The number of hydrogen-bond donors (Lipinski definition) is 1. The lowest BCUT2D eigenvalue weighted by Gasteiger charge is -2.47. The molecule has 0 spiro atoms. The fourth-order valence-electron chi connectivity index (χ4n) is 4.59. The van der Waals surface area contributed by atoms with Gasteiger partial charge in [0.25, 0.3) is 5.91 Å². The van der Waals surface area contributed by atoms with E-state index in [2.05, 4.69) is 40.4 Å². The summed E-state index contributed by atoms with van der Waals surface area (Å²) in [6.45, 7) is 14.6. The van der Waals surface area contributed by atoms with E-state index < -0.39 is 26.7 Å². The zero-order chi connectivity index (χ0) is 27.1. The molecule has 2 amide bonds. The number of rotatable bonds is 5. The number of hydrogen-bond acceptors (Lipinski definition) is 6. The van der Waals surface area contributed by atoms with Gasteiger partial charge in [0, 0.05) is 12.6 Å². The molecule has 0 aliphatic carbocycles. The Bertz CT molecular complexity index is 1220. The average Bonchev–Trinajstić information content (AvgIpc) is 2.93. The van der Waals surface area contributed by atoms with E-state index in [9.17, 15) is 14.7 Å². The third-order valence-electron chi connectivity index (χ3n) is 7.66. The van der Waals surface area contributed by atoms with Gasteiger partial charge in [0.15, 0.2) is 26.0 Å². The first kappa shape index (κ1) is 26.8. The van der Waals surface area contributed by atoms with E-state index in [1.54, 1.807) is 4.90 Å². The van der Waals surface area contributed by atoms with Crippen LogP contribution in [0.25, 0.3) is 0 Å². The number of methoxy groups -OCH3 is 1. The van der Waals surface area contributed by atoms with Crippen molar-refractivity contribution in [1.29, 1.82) is 0 Å². The minimum absolute atomic E-state index is 0.00915. The SMILES string of the molecule is C=CCOC(=O)N1c2cc(O)c(OC)cc2C(=O)N2Cc3ccccc3C[C@H]2[C@@H]1O[Si](C)(C)C(C)(C)C. The number of phenolic OH excluding ortho intramolecular Hbond substituents is 1. The van der Waals surface area contributed by atoms with Gasteiger partial charge in [-0.25, -0.2) is 9.69 Å². The molecule has 37 heavy (non-hydrogen) atoms. The molecule has 2 aliphatic rings. The minimum atomic E-state index is -2.47. The number of benzene rings is 2. The molecular weight excluding hydrogens is 488 g/mol. The predicted molar refractivity (Wildman–Crippen MR) is 145 cm³/mol. The quantitative estimate of drug-likeness (QED) is 0.413. The van der Waals surface area contributed by atoms with Crippen molar-refractivity contribution in [2.45, 2.75) is 64.1 Å². The standard InChI is InChI=1S/C28H36N2O6Si/c1-8-13-35-27(33)30-21-16-23(31)24(34-5)15-20(21)25(32)29-17-19-12-10-9-11-18(19)14-22(29)26(30)36-37(6,7)28(2,3)4/h8-12,15-16,22,26,31H,1,13-14,17H2,2-7H3/t22-,26-/m0/s1. The maximum Gasteiger partial charge on any atom is 0.416 e. The van der Waals surface area contributed by atoms with Crippen molar-refractivity contribution in [2.24, 2.45) is 0 Å². The third kappa shape index (κ3) is 4.85. The maximum atomic E-state index is 14.1. The molecule has 2 heterocycles. The van der Waals surface area contributed by atoms with E-state index >= 15 is 0 Å². The number of aromatic hydroxyl groups is 1. The summed E-state index contributed by atoms with van der Waals surface area (Å²) in [6.07, 6.45) is 0.469. The van der Waals surface area contributed by atoms with E-state index in [1.807, 2.05) is 24.3 Å². The highest BCUT2D eigenvalue weighted by Gasteiger charge is 2.50. The normalized spacial score (nSPS) is 19.4. The largest absolute Gasteiger partial charge is 0.504 e. The molecule has 1 N–H and O–H groups in total. The second-order valence-corrected chi connectivity index (χ2v) is 15.8. The van der Waals surface area contributed by atoms with Crippen molar-refractivity contribution in [1.82, 2.24) is 4.90 Å². The maximum absolute atomic E-state index is 14.1. The highest BCUT2D eigenvalue weighted by Crippen LogP contribution is 2.44. The van der Waals surface area contributed by atoms with Gasteiger partial charge >= 0.3 is 6.09 Å². The molecule has 0 radical (unpaired) electrons. The molecule has 0 aromatic heterocycles. The van der Waals surface area contributed by atoms with Crippen molar-refractivity contribution >= 4 is 26.0 Å². The Labute approximate surface area is 219 Å². The summed E-state index contributed by atoms with van der Waals surface area (Å²) in [5.74, 6) is -0.315. The van der Waals surface area contributed by atoms with Gasteiger partial charge < -0.3 is 23.9 Å². The molecule has 2 aromatic carbocycles. The number of phenols is 1. The minimum Gasteiger partial charge on any atom is -0.504 e. The number of amides is 2. The van der Waals surface area contributed by atoms with Gasteiger partial charge in [0.2, 0.25) is 0 Å². The summed E-state index contributed by atoms with van der Waals surface area (Å²) >= 11 is 0. The summed E-state index contributed by atoms with van der Waals surface area (Å²) in [5.41, 5.74) is 2.61. The van der Waals surface area contributed by atoms with Gasteiger partial charge in [0.05, 0.1) is 24.4 Å². The summed E-state index contributed by atoms with van der Waals surface area (Å²) in [7, 11) is -1.05. The summed E-state index contributed by atoms with van der Waals surface area (Å²) in [4.78, 5) is 30.9. The lowest BCUT2D eigenvalue weighted by Crippen LogP contribution is -2.60. The zero-order valence-electron chi connectivity index (χ0n) is 22.4. The lowest BCUT2D eigenvalue weighted by molar-refractivity contribution is 0.0338. The van der Waals surface area contributed by atoms with Crippen LogP contribution in [-0.2, 0) is 22.1 Å². The number of carbonyl (C=O) groups is 2. The van der Waals surface area contributed by atoms with Gasteiger partial charge in [-0.3, -0.25) is 4.79 Å². The number of fused-ring (bicyclic) bond motifs is 3. The second-order valence-electron chi connectivity index (χ2n) is 11.0. The van der Waals surface area contributed by atoms with Gasteiger partial charge in [0.1, 0.15) is 6.61 Å². The van der Waals surface area contributed by atoms with E-state index in [1.165, 1.54) is 30.2 Å². The van der Waals surface area contributed by atoms with Crippen LogP contribution in [0.2, 0.25) is 18.1 Å². The Morgan fingerprint density at radius 1 is 1.22 bits per heavy atom. The molecule has 2 atom stereocenters. The Morgan fingerprint density at radius 3 is 2.51 bits per heavy atom. The molecule has 0 saturated carbocycles. The smallest absolute Gasteiger partial charge is 0.416 e. The van der Waals surface area contributed by atoms with Crippen LogP contribution in [0.4, 0.5) is 10.5 Å². The Hall–Kier alpha value is -3.30. The fourth-order valence-corrected chi connectivity index (χ4v) is 5.81. The number of anilines is 1. The van der Waals surface area contributed by atoms with Gasteiger partial charge in [-0.2, -0.15) is 0 Å². The van der Waals surface area contributed by atoms with Crippen molar-refractivity contribution in [3.63, 3.8) is 0 Å². The molecule has 0 fully saturated rings. The van der Waals surface area contributed by atoms with Crippen LogP contribution in [0.1, 0.15) is 42.3 Å². The van der Waals surface area contributed by atoms with E-state index in [0.29, 0.717) is 13.0 Å². The van der Waals surface area contributed by atoms with Crippen LogP contribution in [0.15, 0.2) is 49.1 Å². The first-order valence-corrected chi connectivity index (χ1v) is 15.3. The molecule has 4 rings (SSSR count). The molecule has 0 bridgehead atoms. The van der Waals surface area contributed by atoms with Crippen LogP contribution in [-0.4, -0.2) is 56.3 Å². The molecule has 9 heteroatoms. The van der Waals surface area contributed by atoms with E-state index in [4.69, 9.17) is 13.9 Å². The van der Waals surface area contributed by atoms with E-state index in [0.717, 1.165) is 11.1 Å². The highest BCUT2D eigenvalue weighted by atomic mass is 28.4. The van der Waals surface area contributed by atoms with Crippen molar-refractivity contribution in [3.05, 3.63) is 65.7 Å². The fraction of sp³-hybridized carbons (Fsp3) is 0.429. The summed E-state index contributed by atoms with van der Waals surface area (Å²) < 4.78 is 17.8. The lowest BCUT2D eigenvalue weighted by atomic mass is 9.93. The molecule has 0 unspecified atom stereocenters. The van der Waals surface area contributed by atoms with Crippen molar-refractivity contribution < 1.29 is 28.6 Å². The number of nitrogens with zero attached hydrogens (tertiary/aromatic N) is 2. The third-order valence-corrected chi connectivity index (χ3v) is 12.1. The Kier molecular flexibility index (Phi) is 7.13. The van der Waals surface area contributed by atoms with Gasteiger partial charge in [-0.1, -0.05) is 57.7 Å². The van der Waals surface area contributed by atoms with Crippen molar-refractivity contribution in [2.75, 3.05) is 18.6 Å². The van der Waals surface area contributed by atoms with Crippen LogP contribution < -0.4 is 9.64 Å². The van der Waals surface area contributed by atoms with Crippen LogP contribution >= 0.6 is 0 Å². The van der Waals surface area contributed by atoms with Gasteiger partial charge in [-0.05, 0) is 41.7 Å². The number of carbonyl (C=O) groups excluding carboxylic acids is 2. The Morgan fingerprint density at radius 2 is 1.89 bits per heavy atom. The van der Waals surface area contributed by atoms with Crippen LogP contribution in [0.3, 0.4) is 0 Å². The highest BCUT2D eigenvalue weighted by molar-refractivity contribution is 6.74. The van der Waals surface area contributed by atoms with Gasteiger partial charge in [-0.15, -0.1) is 0 Å². The number of ether oxygens (including phenoxy) is 2. The zero-order valence-corrected chi connectivity index (χ0v) is 23.4. The Balaban J connectivity index is 1.97.